The van der Waals surface area contributed by atoms with Gasteiger partial charge in [-0.1, -0.05) is 12.5 Å². The molecule has 0 heterocycles. The van der Waals surface area contributed by atoms with Gasteiger partial charge in [-0.15, -0.1) is 5.92 Å². The second kappa shape index (κ2) is 6.99. The van der Waals surface area contributed by atoms with E-state index < -0.39 is 5.97 Å². The van der Waals surface area contributed by atoms with E-state index in [0.29, 0.717) is 5.57 Å². The van der Waals surface area contributed by atoms with Gasteiger partial charge in [-0.2, -0.15) is 0 Å². The first-order valence-corrected chi connectivity index (χ1v) is 6.79. The van der Waals surface area contributed by atoms with Crippen LogP contribution in [0, 0.1) is 39.5 Å². The van der Waals surface area contributed by atoms with E-state index in [1.54, 1.807) is 6.92 Å². The monoisotopic (exact) mass is 286 g/mol. The normalized spacial score (nSPS) is 9.62. The number of carbonyl (C=O) groups is 1. The molecule has 0 fully saturated rings. The lowest BCUT2D eigenvalue weighted by molar-refractivity contribution is -0.145. The minimum absolute atomic E-state index is 0.120. The fourth-order valence-electron chi connectivity index (χ4n) is 2.07. The average Bonchev–Trinajstić information content (AvgIpc) is 2.44. The molecule has 0 aliphatic carbocycles. The molecule has 0 aromatic heterocycles. The summed E-state index contributed by atoms with van der Waals surface area (Å²) in [6.45, 7) is 14.9. The molecule has 0 aliphatic rings. The summed E-state index contributed by atoms with van der Waals surface area (Å²) in [5, 5.41) is 0. The van der Waals surface area contributed by atoms with Gasteiger partial charge in [0.2, 0.25) is 6.79 Å². The zero-order valence-corrected chi connectivity index (χ0v) is 13.6. The lowest BCUT2D eigenvalue weighted by Gasteiger charge is -2.18. The van der Waals surface area contributed by atoms with Crippen molar-refractivity contribution < 1.29 is 14.3 Å². The molecule has 0 bridgehead atoms. The summed E-state index contributed by atoms with van der Waals surface area (Å²) in [7, 11) is 0. The van der Waals surface area contributed by atoms with Crippen LogP contribution in [0.1, 0.15) is 41.7 Å². The van der Waals surface area contributed by atoms with E-state index in [4.69, 9.17) is 9.47 Å². The predicted molar refractivity (Wildman–Crippen MR) is 84.3 cm³/mol. The lowest BCUT2D eigenvalue weighted by Crippen LogP contribution is -2.12. The number of rotatable bonds is 4. The molecular weight excluding hydrogens is 264 g/mol. The molecule has 0 N–H and O–H groups in total. The molecule has 1 aromatic rings. The highest BCUT2D eigenvalue weighted by Crippen LogP contribution is 2.32. The standard InChI is InChI=1S/C18H22O3/c1-8-9-16-12(4)14(6)17(15(7)13(16)5)20-10-21-18(19)11(2)3/h2,10H2,1,3-7H3. The molecule has 0 atom stereocenters. The van der Waals surface area contributed by atoms with Crippen molar-refractivity contribution >= 4 is 5.97 Å². The Morgan fingerprint density at radius 3 is 2.05 bits per heavy atom. The highest BCUT2D eigenvalue weighted by Gasteiger charge is 2.15. The Hall–Kier alpha value is -2.21. The van der Waals surface area contributed by atoms with Crippen LogP contribution >= 0.6 is 0 Å². The van der Waals surface area contributed by atoms with Crippen molar-refractivity contribution in [3.05, 3.63) is 40.0 Å². The second-order valence-corrected chi connectivity index (χ2v) is 5.05. The van der Waals surface area contributed by atoms with Gasteiger partial charge in [0.15, 0.2) is 0 Å². The quantitative estimate of drug-likeness (QED) is 0.366. The first-order valence-electron chi connectivity index (χ1n) is 6.79. The van der Waals surface area contributed by atoms with E-state index in [2.05, 4.69) is 18.4 Å². The van der Waals surface area contributed by atoms with Gasteiger partial charge in [0.1, 0.15) is 5.75 Å². The van der Waals surface area contributed by atoms with Crippen LogP contribution in [0.25, 0.3) is 0 Å². The molecular formula is C18H22O3. The van der Waals surface area contributed by atoms with E-state index in [1.165, 1.54) is 0 Å². The van der Waals surface area contributed by atoms with E-state index >= 15 is 0 Å². The molecule has 21 heavy (non-hydrogen) atoms. The average molecular weight is 286 g/mol. The van der Waals surface area contributed by atoms with E-state index in [1.807, 2.05) is 34.6 Å². The first-order chi connectivity index (χ1) is 9.81. The summed E-state index contributed by atoms with van der Waals surface area (Å²) < 4.78 is 10.6. The molecule has 3 nitrogen and oxygen atoms in total. The highest BCUT2D eigenvalue weighted by atomic mass is 16.7. The summed E-state index contributed by atoms with van der Waals surface area (Å²) in [5.74, 6) is 6.38. The lowest BCUT2D eigenvalue weighted by atomic mass is 9.93. The zero-order valence-electron chi connectivity index (χ0n) is 13.6. The fraction of sp³-hybridized carbons (Fsp3) is 0.389. The maximum atomic E-state index is 11.4. The van der Waals surface area contributed by atoms with Gasteiger partial charge in [0.25, 0.3) is 0 Å². The van der Waals surface area contributed by atoms with Gasteiger partial charge in [0, 0.05) is 11.1 Å². The number of carbonyl (C=O) groups excluding carboxylic acids is 1. The molecule has 0 saturated heterocycles. The Labute approximate surface area is 127 Å². The van der Waals surface area contributed by atoms with Crippen molar-refractivity contribution in [2.75, 3.05) is 6.79 Å². The number of esters is 1. The smallest absolute Gasteiger partial charge is 0.335 e. The van der Waals surface area contributed by atoms with Crippen LogP contribution in [-0.4, -0.2) is 12.8 Å². The predicted octanol–water partition coefficient (Wildman–Crippen LogP) is 3.75. The van der Waals surface area contributed by atoms with Crippen molar-refractivity contribution in [1.82, 2.24) is 0 Å². The summed E-state index contributed by atoms with van der Waals surface area (Å²) in [4.78, 5) is 11.4. The van der Waals surface area contributed by atoms with E-state index in [9.17, 15) is 4.79 Å². The fourth-order valence-corrected chi connectivity index (χ4v) is 2.07. The molecule has 0 amide bonds. The van der Waals surface area contributed by atoms with Gasteiger partial charge < -0.3 is 9.47 Å². The Morgan fingerprint density at radius 2 is 1.62 bits per heavy atom. The Morgan fingerprint density at radius 1 is 1.10 bits per heavy atom. The van der Waals surface area contributed by atoms with Gasteiger partial charge >= 0.3 is 5.97 Å². The number of ether oxygens (including phenoxy) is 2. The molecule has 0 spiro atoms. The third-order valence-electron chi connectivity index (χ3n) is 3.55. The molecule has 0 unspecified atom stereocenters. The summed E-state index contributed by atoms with van der Waals surface area (Å²) >= 11 is 0. The third kappa shape index (κ3) is 3.66. The van der Waals surface area contributed by atoms with Gasteiger partial charge in [-0.25, -0.2) is 4.79 Å². The SMILES string of the molecule is C=C(C)C(=O)OCOc1c(C)c(C)c(C#CC)c(C)c1C. The highest BCUT2D eigenvalue weighted by molar-refractivity contribution is 5.86. The molecule has 0 saturated carbocycles. The minimum atomic E-state index is -0.452. The summed E-state index contributed by atoms with van der Waals surface area (Å²) in [5.41, 5.74) is 5.61. The number of benzene rings is 1. The molecule has 0 aliphatic heterocycles. The van der Waals surface area contributed by atoms with Crippen LogP contribution in [0.5, 0.6) is 5.75 Å². The molecule has 1 aromatic carbocycles. The minimum Gasteiger partial charge on any atom is -0.457 e. The zero-order chi connectivity index (χ0) is 16.2. The van der Waals surface area contributed by atoms with Gasteiger partial charge in [-0.3, -0.25) is 0 Å². The van der Waals surface area contributed by atoms with Crippen LogP contribution in [0.3, 0.4) is 0 Å². The Kier molecular flexibility index (Phi) is 5.60. The van der Waals surface area contributed by atoms with Crippen molar-refractivity contribution in [3.8, 4) is 17.6 Å². The Balaban J connectivity index is 3.06. The van der Waals surface area contributed by atoms with Crippen molar-refractivity contribution in [2.45, 2.75) is 41.5 Å². The van der Waals surface area contributed by atoms with Crippen LogP contribution in [0.2, 0.25) is 0 Å². The van der Waals surface area contributed by atoms with Crippen LogP contribution in [-0.2, 0) is 9.53 Å². The summed E-state index contributed by atoms with van der Waals surface area (Å²) in [6.07, 6.45) is 0. The van der Waals surface area contributed by atoms with Crippen LogP contribution in [0.4, 0.5) is 0 Å². The maximum absolute atomic E-state index is 11.4. The van der Waals surface area contributed by atoms with Crippen molar-refractivity contribution in [2.24, 2.45) is 0 Å². The molecule has 3 heteroatoms. The summed E-state index contributed by atoms with van der Waals surface area (Å²) in [6, 6.07) is 0. The topological polar surface area (TPSA) is 35.5 Å². The molecule has 0 radical (unpaired) electrons. The van der Waals surface area contributed by atoms with Crippen molar-refractivity contribution in [3.63, 3.8) is 0 Å². The van der Waals surface area contributed by atoms with E-state index in [-0.39, 0.29) is 6.79 Å². The van der Waals surface area contributed by atoms with Crippen LogP contribution < -0.4 is 4.74 Å². The van der Waals surface area contributed by atoms with Crippen molar-refractivity contribution in [1.29, 1.82) is 0 Å². The number of hydrogen-bond donors (Lipinski definition) is 0. The Bertz CT molecular complexity index is 614. The van der Waals surface area contributed by atoms with Gasteiger partial charge in [-0.05, 0) is 63.8 Å². The maximum Gasteiger partial charge on any atom is 0.335 e. The molecule has 112 valence electrons. The van der Waals surface area contributed by atoms with Gasteiger partial charge in [0.05, 0.1) is 0 Å². The first kappa shape index (κ1) is 16.8. The second-order valence-electron chi connectivity index (χ2n) is 5.05. The van der Waals surface area contributed by atoms with Crippen LogP contribution in [0.15, 0.2) is 12.2 Å². The molecule has 1 rings (SSSR count). The number of hydrogen-bond acceptors (Lipinski definition) is 3. The third-order valence-corrected chi connectivity index (χ3v) is 3.55. The van der Waals surface area contributed by atoms with E-state index in [0.717, 1.165) is 33.6 Å². The largest absolute Gasteiger partial charge is 0.457 e.